The highest BCUT2D eigenvalue weighted by Gasteiger charge is 2.22. The van der Waals surface area contributed by atoms with Gasteiger partial charge in [-0.05, 0) is 12.8 Å². The molecule has 1 aliphatic heterocycles. The van der Waals surface area contributed by atoms with Gasteiger partial charge in [0.25, 0.3) is 0 Å². The Bertz CT molecular complexity index is 345. The Morgan fingerprint density at radius 2 is 2.33 bits per heavy atom. The maximum atomic E-state index is 11.8. The predicted molar refractivity (Wildman–Crippen MR) is 58.8 cm³/mol. The van der Waals surface area contributed by atoms with Crippen LogP contribution in [0.3, 0.4) is 0 Å². The minimum Gasteiger partial charge on any atom is -0.381 e. The summed E-state index contributed by atoms with van der Waals surface area (Å²) in [4.78, 5) is 15.9. The third kappa shape index (κ3) is 2.76. The van der Waals surface area contributed by atoms with Crippen LogP contribution in [-0.4, -0.2) is 24.0 Å². The summed E-state index contributed by atoms with van der Waals surface area (Å²) >= 11 is 1.38. The van der Waals surface area contributed by atoms with Gasteiger partial charge in [-0.25, -0.2) is 4.98 Å². The van der Waals surface area contributed by atoms with E-state index in [-0.39, 0.29) is 11.7 Å². The van der Waals surface area contributed by atoms with Gasteiger partial charge in [0.05, 0.1) is 5.69 Å². The maximum Gasteiger partial charge on any atom is 0.180 e. The number of nitrogens with two attached hydrogens (primary N) is 1. The van der Waals surface area contributed by atoms with Crippen LogP contribution in [0.15, 0.2) is 5.38 Å². The topological polar surface area (TPSA) is 65.2 Å². The van der Waals surface area contributed by atoms with E-state index in [1.165, 1.54) is 11.3 Å². The molecule has 1 aliphatic rings. The Kier molecular flexibility index (Phi) is 3.33. The second-order valence-electron chi connectivity index (χ2n) is 3.71. The van der Waals surface area contributed by atoms with Crippen LogP contribution in [0.5, 0.6) is 0 Å². The largest absolute Gasteiger partial charge is 0.381 e. The molecular weight excluding hydrogens is 212 g/mol. The van der Waals surface area contributed by atoms with Crippen LogP contribution in [0.1, 0.15) is 18.5 Å². The molecule has 82 valence electrons. The van der Waals surface area contributed by atoms with Gasteiger partial charge >= 0.3 is 0 Å². The van der Waals surface area contributed by atoms with Crippen LogP contribution < -0.4 is 5.73 Å². The van der Waals surface area contributed by atoms with Crippen molar-refractivity contribution in [2.45, 2.75) is 19.3 Å². The lowest BCUT2D eigenvalue weighted by Gasteiger charge is -2.20. The van der Waals surface area contributed by atoms with Gasteiger partial charge in [-0.1, -0.05) is 0 Å². The van der Waals surface area contributed by atoms with Gasteiger partial charge in [0.1, 0.15) is 5.78 Å². The molecule has 1 aromatic rings. The van der Waals surface area contributed by atoms with Crippen LogP contribution in [-0.2, 0) is 16.0 Å². The molecule has 0 aliphatic carbocycles. The van der Waals surface area contributed by atoms with E-state index in [1.54, 1.807) is 0 Å². The molecule has 1 fully saturated rings. The lowest BCUT2D eigenvalue weighted by Crippen LogP contribution is -2.24. The minimum absolute atomic E-state index is 0.154. The first-order valence-corrected chi connectivity index (χ1v) is 5.94. The zero-order valence-electron chi connectivity index (χ0n) is 8.44. The molecule has 0 radical (unpaired) electrons. The van der Waals surface area contributed by atoms with Crippen molar-refractivity contribution in [1.29, 1.82) is 0 Å². The van der Waals surface area contributed by atoms with Crippen molar-refractivity contribution < 1.29 is 9.53 Å². The highest BCUT2D eigenvalue weighted by atomic mass is 32.1. The van der Waals surface area contributed by atoms with E-state index in [4.69, 9.17) is 10.5 Å². The van der Waals surface area contributed by atoms with E-state index in [9.17, 15) is 4.79 Å². The van der Waals surface area contributed by atoms with Crippen LogP contribution in [0.4, 0.5) is 5.13 Å². The van der Waals surface area contributed by atoms with Gasteiger partial charge in [-0.3, -0.25) is 4.79 Å². The predicted octanol–water partition coefficient (Wildman–Crippen LogP) is 1.26. The fourth-order valence-corrected chi connectivity index (χ4v) is 2.31. The SMILES string of the molecule is Nc1nc(CC(=O)C2CCOCC2)cs1. The minimum atomic E-state index is 0.154. The summed E-state index contributed by atoms with van der Waals surface area (Å²) in [5.41, 5.74) is 6.31. The number of ether oxygens (including phenoxy) is 1. The third-order valence-corrected chi connectivity index (χ3v) is 3.32. The molecule has 0 spiro atoms. The number of ketones is 1. The molecule has 5 heteroatoms. The van der Waals surface area contributed by atoms with Gasteiger partial charge in [0, 0.05) is 30.9 Å². The van der Waals surface area contributed by atoms with Gasteiger partial charge in [-0.15, -0.1) is 11.3 Å². The maximum absolute atomic E-state index is 11.8. The van der Waals surface area contributed by atoms with E-state index in [2.05, 4.69) is 4.98 Å². The van der Waals surface area contributed by atoms with Crippen LogP contribution >= 0.6 is 11.3 Å². The molecule has 1 saturated heterocycles. The van der Waals surface area contributed by atoms with Crippen LogP contribution in [0.2, 0.25) is 0 Å². The summed E-state index contributed by atoms with van der Waals surface area (Å²) in [5.74, 6) is 0.422. The number of rotatable bonds is 3. The Hall–Kier alpha value is -0.940. The van der Waals surface area contributed by atoms with Crippen LogP contribution in [0.25, 0.3) is 0 Å². The lowest BCUT2D eigenvalue weighted by atomic mass is 9.93. The first-order valence-electron chi connectivity index (χ1n) is 5.06. The van der Waals surface area contributed by atoms with Crippen molar-refractivity contribution in [3.8, 4) is 0 Å². The number of aromatic nitrogens is 1. The van der Waals surface area contributed by atoms with Gasteiger partial charge < -0.3 is 10.5 Å². The van der Waals surface area contributed by atoms with Crippen LogP contribution in [0, 0.1) is 5.92 Å². The molecule has 2 heterocycles. The molecule has 0 aromatic carbocycles. The fourth-order valence-electron chi connectivity index (χ4n) is 1.75. The molecule has 15 heavy (non-hydrogen) atoms. The standard InChI is InChI=1S/C10H14N2O2S/c11-10-12-8(6-15-10)5-9(13)7-1-3-14-4-2-7/h6-7H,1-5H2,(H2,11,12). The number of nitrogens with zero attached hydrogens (tertiary/aromatic N) is 1. The normalized spacial score (nSPS) is 17.9. The number of carbonyl (C=O) groups excluding carboxylic acids is 1. The molecule has 2 N–H and O–H groups in total. The number of Topliss-reactive ketones (excluding diaryl/α,β-unsaturated/α-hetero) is 1. The number of thiazole rings is 1. The monoisotopic (exact) mass is 226 g/mol. The highest BCUT2D eigenvalue weighted by molar-refractivity contribution is 7.13. The average Bonchev–Trinajstić information content (AvgIpc) is 2.65. The first-order chi connectivity index (χ1) is 7.25. The van der Waals surface area contributed by atoms with Crippen molar-refractivity contribution in [3.05, 3.63) is 11.1 Å². The molecule has 0 atom stereocenters. The number of nitrogen functional groups attached to an aromatic ring is 1. The van der Waals surface area contributed by atoms with E-state index in [0.717, 1.165) is 18.5 Å². The van der Waals surface area contributed by atoms with Crippen molar-refractivity contribution in [3.63, 3.8) is 0 Å². The zero-order chi connectivity index (χ0) is 10.7. The Morgan fingerprint density at radius 3 is 2.93 bits per heavy atom. The van der Waals surface area contributed by atoms with Crippen molar-refractivity contribution >= 4 is 22.3 Å². The summed E-state index contributed by atoms with van der Waals surface area (Å²) < 4.78 is 5.22. The molecule has 0 amide bonds. The summed E-state index contributed by atoms with van der Waals surface area (Å²) in [6.07, 6.45) is 2.11. The molecule has 0 unspecified atom stereocenters. The summed E-state index contributed by atoms with van der Waals surface area (Å²) in [5, 5.41) is 2.39. The zero-order valence-corrected chi connectivity index (χ0v) is 9.26. The van der Waals surface area contributed by atoms with Gasteiger partial charge in [0.15, 0.2) is 5.13 Å². The summed E-state index contributed by atoms with van der Waals surface area (Å²) in [7, 11) is 0. The third-order valence-electron chi connectivity index (χ3n) is 2.60. The number of carbonyl (C=O) groups is 1. The number of hydrogen-bond acceptors (Lipinski definition) is 5. The molecular formula is C10H14N2O2S. The van der Waals surface area contributed by atoms with E-state index >= 15 is 0 Å². The van der Waals surface area contributed by atoms with Crippen molar-refractivity contribution in [1.82, 2.24) is 4.98 Å². The average molecular weight is 226 g/mol. The molecule has 0 saturated carbocycles. The molecule has 0 bridgehead atoms. The second-order valence-corrected chi connectivity index (χ2v) is 4.60. The second kappa shape index (κ2) is 4.72. The quantitative estimate of drug-likeness (QED) is 0.842. The van der Waals surface area contributed by atoms with E-state index in [1.807, 2.05) is 5.38 Å². The molecule has 2 rings (SSSR count). The Labute approximate surface area is 92.5 Å². The Morgan fingerprint density at radius 1 is 1.60 bits per heavy atom. The lowest BCUT2D eigenvalue weighted by molar-refractivity contribution is -0.125. The van der Waals surface area contributed by atoms with Crippen molar-refractivity contribution in [2.24, 2.45) is 5.92 Å². The fraction of sp³-hybridized carbons (Fsp3) is 0.600. The van der Waals surface area contributed by atoms with E-state index in [0.29, 0.717) is 24.8 Å². The van der Waals surface area contributed by atoms with Gasteiger partial charge in [0.2, 0.25) is 0 Å². The summed E-state index contributed by atoms with van der Waals surface area (Å²) in [6, 6.07) is 0. The molecule has 1 aromatic heterocycles. The Balaban J connectivity index is 1.91. The number of hydrogen-bond donors (Lipinski definition) is 1. The highest BCUT2D eigenvalue weighted by Crippen LogP contribution is 2.19. The number of anilines is 1. The first kappa shape index (κ1) is 10.6. The smallest absolute Gasteiger partial charge is 0.180 e. The van der Waals surface area contributed by atoms with Crippen molar-refractivity contribution in [2.75, 3.05) is 18.9 Å². The van der Waals surface area contributed by atoms with Gasteiger partial charge in [-0.2, -0.15) is 0 Å². The molecule has 4 nitrogen and oxygen atoms in total. The van der Waals surface area contributed by atoms with E-state index < -0.39 is 0 Å². The summed E-state index contributed by atoms with van der Waals surface area (Å²) in [6.45, 7) is 1.41.